The van der Waals surface area contributed by atoms with Gasteiger partial charge in [0.05, 0.1) is 0 Å². The van der Waals surface area contributed by atoms with Crippen molar-refractivity contribution >= 4 is 5.97 Å². The van der Waals surface area contributed by atoms with Crippen LogP contribution >= 0.6 is 0 Å². The van der Waals surface area contributed by atoms with E-state index in [9.17, 15) is 4.79 Å². The standard InChI is InChI=1S/C15H22N2O2/c1-12(13-5-4-9-16-11-13)17-10-3-2-6-14(17)7-8-15(18)19/h4-5,9,11-12,14H,2-3,6-8,10H2,1H3,(H,18,19). The molecule has 1 fully saturated rings. The molecule has 1 aromatic rings. The molecule has 19 heavy (non-hydrogen) atoms. The van der Waals surface area contributed by atoms with E-state index in [2.05, 4.69) is 22.9 Å². The molecule has 1 aliphatic heterocycles. The van der Waals surface area contributed by atoms with E-state index in [1.807, 2.05) is 12.3 Å². The van der Waals surface area contributed by atoms with Gasteiger partial charge < -0.3 is 5.11 Å². The van der Waals surface area contributed by atoms with Gasteiger partial charge in [-0.1, -0.05) is 12.5 Å². The van der Waals surface area contributed by atoms with Crippen LogP contribution in [0.2, 0.25) is 0 Å². The summed E-state index contributed by atoms with van der Waals surface area (Å²) in [5.41, 5.74) is 1.21. The molecule has 104 valence electrons. The van der Waals surface area contributed by atoms with Crippen LogP contribution in [0.4, 0.5) is 0 Å². The molecule has 2 heterocycles. The quantitative estimate of drug-likeness (QED) is 0.886. The van der Waals surface area contributed by atoms with Gasteiger partial charge in [-0.2, -0.15) is 0 Å². The Morgan fingerprint density at radius 2 is 2.42 bits per heavy atom. The van der Waals surface area contributed by atoms with Crippen molar-refractivity contribution in [3.8, 4) is 0 Å². The molecular formula is C15H22N2O2. The van der Waals surface area contributed by atoms with E-state index < -0.39 is 5.97 Å². The number of hydrogen-bond donors (Lipinski definition) is 1. The Morgan fingerprint density at radius 1 is 1.58 bits per heavy atom. The molecule has 4 nitrogen and oxygen atoms in total. The zero-order valence-corrected chi connectivity index (χ0v) is 11.5. The molecule has 0 aromatic carbocycles. The summed E-state index contributed by atoms with van der Waals surface area (Å²) in [7, 11) is 0. The van der Waals surface area contributed by atoms with Crippen LogP contribution in [0.5, 0.6) is 0 Å². The number of rotatable bonds is 5. The lowest BCUT2D eigenvalue weighted by Gasteiger charge is -2.40. The van der Waals surface area contributed by atoms with Crippen LogP contribution < -0.4 is 0 Å². The van der Waals surface area contributed by atoms with Crippen LogP contribution in [0, 0.1) is 0 Å². The number of aliphatic carboxylic acids is 1. The third kappa shape index (κ3) is 3.77. The Kier molecular flexibility index (Phi) is 4.91. The van der Waals surface area contributed by atoms with Gasteiger partial charge in [-0.25, -0.2) is 0 Å². The minimum atomic E-state index is -0.695. The molecule has 1 saturated heterocycles. The largest absolute Gasteiger partial charge is 0.481 e. The normalized spacial score (nSPS) is 22.1. The van der Waals surface area contributed by atoms with Crippen molar-refractivity contribution in [2.45, 2.75) is 51.1 Å². The Morgan fingerprint density at radius 3 is 3.11 bits per heavy atom. The van der Waals surface area contributed by atoms with Crippen LogP contribution in [0.1, 0.15) is 50.6 Å². The van der Waals surface area contributed by atoms with Gasteiger partial charge in [-0.3, -0.25) is 14.7 Å². The molecule has 1 aliphatic rings. The summed E-state index contributed by atoms with van der Waals surface area (Å²) in [4.78, 5) is 17.4. The van der Waals surface area contributed by atoms with Crippen molar-refractivity contribution in [3.05, 3.63) is 30.1 Å². The lowest BCUT2D eigenvalue weighted by atomic mass is 9.94. The molecule has 1 aromatic heterocycles. The predicted octanol–water partition coefficient (Wildman–Crippen LogP) is 2.86. The van der Waals surface area contributed by atoms with Gasteiger partial charge in [0.1, 0.15) is 0 Å². The molecule has 4 heteroatoms. The molecule has 0 amide bonds. The fourth-order valence-corrected chi connectivity index (χ4v) is 2.95. The summed E-state index contributed by atoms with van der Waals surface area (Å²) in [6.07, 6.45) is 8.23. The number of nitrogens with zero attached hydrogens (tertiary/aromatic N) is 2. The molecule has 0 saturated carbocycles. The second kappa shape index (κ2) is 6.66. The molecule has 0 spiro atoms. The van der Waals surface area contributed by atoms with Crippen LogP contribution in [0.3, 0.4) is 0 Å². The maximum absolute atomic E-state index is 10.8. The first-order valence-corrected chi connectivity index (χ1v) is 7.06. The van der Waals surface area contributed by atoms with Crippen LogP contribution in [-0.2, 0) is 4.79 Å². The number of aromatic nitrogens is 1. The summed E-state index contributed by atoms with van der Waals surface area (Å²) in [6, 6.07) is 4.76. The monoisotopic (exact) mass is 262 g/mol. The van der Waals surface area contributed by atoms with Gasteiger partial charge in [0.25, 0.3) is 0 Å². The number of carboxylic acid groups (broad SMARTS) is 1. The summed E-state index contributed by atoms with van der Waals surface area (Å²) < 4.78 is 0. The van der Waals surface area contributed by atoms with Gasteiger partial charge >= 0.3 is 5.97 Å². The SMILES string of the molecule is CC(c1cccnc1)N1CCCCC1CCC(=O)O. The summed E-state index contributed by atoms with van der Waals surface area (Å²) in [6.45, 7) is 3.25. The zero-order valence-electron chi connectivity index (χ0n) is 11.5. The number of pyridine rings is 1. The highest BCUT2D eigenvalue weighted by Gasteiger charge is 2.27. The molecular weight excluding hydrogens is 240 g/mol. The Balaban J connectivity index is 2.04. The van der Waals surface area contributed by atoms with E-state index in [-0.39, 0.29) is 6.42 Å². The van der Waals surface area contributed by atoms with E-state index in [0.717, 1.165) is 19.4 Å². The molecule has 0 radical (unpaired) electrons. The number of piperidine rings is 1. The number of carboxylic acids is 1. The maximum atomic E-state index is 10.8. The first-order chi connectivity index (χ1) is 9.18. The van der Waals surface area contributed by atoms with Gasteiger partial charge in [-0.05, 0) is 44.4 Å². The summed E-state index contributed by atoms with van der Waals surface area (Å²) in [5, 5.41) is 8.86. The lowest BCUT2D eigenvalue weighted by Crippen LogP contribution is -2.41. The van der Waals surface area contributed by atoms with E-state index >= 15 is 0 Å². The average Bonchev–Trinajstić information content (AvgIpc) is 2.45. The first-order valence-electron chi connectivity index (χ1n) is 7.06. The van der Waals surface area contributed by atoms with Crippen LogP contribution in [0.25, 0.3) is 0 Å². The minimum absolute atomic E-state index is 0.265. The number of carbonyl (C=O) groups is 1. The molecule has 0 bridgehead atoms. The van der Waals surface area contributed by atoms with Crippen molar-refractivity contribution in [3.63, 3.8) is 0 Å². The van der Waals surface area contributed by atoms with Gasteiger partial charge in [0.15, 0.2) is 0 Å². The van der Waals surface area contributed by atoms with E-state index in [1.165, 1.54) is 18.4 Å². The van der Waals surface area contributed by atoms with Crippen molar-refractivity contribution in [2.24, 2.45) is 0 Å². The smallest absolute Gasteiger partial charge is 0.303 e. The second-order valence-electron chi connectivity index (χ2n) is 5.28. The van der Waals surface area contributed by atoms with E-state index in [4.69, 9.17) is 5.11 Å². The fourth-order valence-electron chi connectivity index (χ4n) is 2.95. The summed E-state index contributed by atoms with van der Waals surface area (Å²) in [5.74, 6) is -0.695. The summed E-state index contributed by atoms with van der Waals surface area (Å²) >= 11 is 0. The highest BCUT2D eigenvalue weighted by atomic mass is 16.4. The molecule has 1 N–H and O–H groups in total. The third-order valence-electron chi connectivity index (χ3n) is 4.03. The molecule has 0 aliphatic carbocycles. The minimum Gasteiger partial charge on any atom is -0.481 e. The fraction of sp³-hybridized carbons (Fsp3) is 0.600. The van der Waals surface area contributed by atoms with Gasteiger partial charge in [-0.15, -0.1) is 0 Å². The van der Waals surface area contributed by atoms with Crippen molar-refractivity contribution in [2.75, 3.05) is 6.54 Å². The lowest BCUT2D eigenvalue weighted by molar-refractivity contribution is -0.137. The highest BCUT2D eigenvalue weighted by molar-refractivity contribution is 5.66. The molecule has 2 unspecified atom stereocenters. The molecule has 2 rings (SSSR count). The van der Waals surface area contributed by atoms with Crippen LogP contribution in [-0.4, -0.2) is 33.5 Å². The van der Waals surface area contributed by atoms with Crippen molar-refractivity contribution in [1.82, 2.24) is 9.88 Å². The van der Waals surface area contributed by atoms with Crippen molar-refractivity contribution in [1.29, 1.82) is 0 Å². The van der Waals surface area contributed by atoms with Crippen molar-refractivity contribution < 1.29 is 9.90 Å². The van der Waals surface area contributed by atoms with Crippen LogP contribution in [0.15, 0.2) is 24.5 Å². The van der Waals surface area contributed by atoms with Gasteiger partial charge in [0.2, 0.25) is 0 Å². The van der Waals surface area contributed by atoms with E-state index in [0.29, 0.717) is 12.1 Å². The highest BCUT2D eigenvalue weighted by Crippen LogP contribution is 2.29. The molecule has 2 atom stereocenters. The Labute approximate surface area is 114 Å². The first kappa shape index (κ1) is 14.0. The Bertz CT molecular complexity index is 408. The third-order valence-corrected chi connectivity index (χ3v) is 4.03. The van der Waals surface area contributed by atoms with E-state index in [1.54, 1.807) is 6.20 Å². The van der Waals surface area contributed by atoms with Gasteiger partial charge in [0, 0.05) is 30.9 Å². The number of likely N-dealkylation sites (tertiary alicyclic amines) is 1. The number of hydrogen-bond acceptors (Lipinski definition) is 3. The topological polar surface area (TPSA) is 53.4 Å². The maximum Gasteiger partial charge on any atom is 0.303 e. The average molecular weight is 262 g/mol. The second-order valence-corrected chi connectivity index (χ2v) is 5.28. The predicted molar refractivity (Wildman–Crippen MR) is 73.9 cm³/mol. The Hall–Kier alpha value is -1.42. The zero-order chi connectivity index (χ0) is 13.7.